The number of methoxy groups -OCH3 is 1. The van der Waals surface area contributed by atoms with Gasteiger partial charge in [0.05, 0.1) is 29.8 Å². The van der Waals surface area contributed by atoms with Crippen molar-refractivity contribution < 1.29 is 14.4 Å². The average Bonchev–Trinajstić information content (AvgIpc) is 3.10. The van der Waals surface area contributed by atoms with E-state index in [0.717, 1.165) is 31.7 Å². The molecule has 0 aliphatic carbocycles. The average molecular weight is 380 g/mol. The van der Waals surface area contributed by atoms with Gasteiger partial charge in [-0.05, 0) is 12.1 Å². The molecular weight excluding hydrogens is 358 g/mol. The fourth-order valence-electron chi connectivity index (χ4n) is 3.41. The van der Waals surface area contributed by atoms with Crippen LogP contribution in [0.15, 0.2) is 54.6 Å². The van der Waals surface area contributed by atoms with E-state index < -0.39 is 0 Å². The third-order valence-electron chi connectivity index (χ3n) is 4.77. The number of hydrogen-bond acceptors (Lipinski definition) is 4. The van der Waals surface area contributed by atoms with E-state index in [1.807, 2.05) is 18.2 Å². The monoisotopic (exact) mass is 380 g/mol. The summed E-state index contributed by atoms with van der Waals surface area (Å²) in [6.45, 7) is 3.03. The van der Waals surface area contributed by atoms with Gasteiger partial charge in [0.2, 0.25) is 0 Å². The summed E-state index contributed by atoms with van der Waals surface area (Å²) in [5.74, 6) is 0.377. The van der Waals surface area contributed by atoms with Gasteiger partial charge in [-0.15, -0.1) is 0 Å². The van der Waals surface area contributed by atoms with Crippen LogP contribution in [0, 0.1) is 0 Å². The Hall–Kier alpha value is -2.70. The molecule has 2 aromatic carbocycles. The summed E-state index contributed by atoms with van der Waals surface area (Å²) in [6.07, 6.45) is 0.943. The van der Waals surface area contributed by atoms with Crippen LogP contribution in [0.4, 0.5) is 5.13 Å². The molecule has 1 amide bonds. The molecule has 5 nitrogen and oxygen atoms in total. The number of carbonyl (C=O) groups is 1. The number of nitrogens with one attached hydrogen (secondary N) is 2. The van der Waals surface area contributed by atoms with Gasteiger partial charge in [-0.2, -0.15) is 0 Å². The topological polar surface area (TPSA) is 55.7 Å². The lowest BCUT2D eigenvalue weighted by molar-refractivity contribution is -0.929. The van der Waals surface area contributed by atoms with Crippen molar-refractivity contribution in [1.29, 1.82) is 0 Å². The largest absolute Gasteiger partial charge is 0.496 e. The zero-order valence-electron chi connectivity index (χ0n) is 15.2. The van der Waals surface area contributed by atoms with Crippen LogP contribution in [0.5, 0.6) is 5.75 Å². The van der Waals surface area contributed by atoms with Gasteiger partial charge in [-0.1, -0.05) is 53.8 Å². The lowest BCUT2D eigenvalue weighted by Crippen LogP contribution is -3.10. The Morgan fingerprint density at radius 2 is 1.96 bits per heavy atom. The Balaban J connectivity index is 1.45. The second kappa shape index (κ2) is 7.90. The summed E-state index contributed by atoms with van der Waals surface area (Å²) < 4.78 is 5.27. The number of rotatable bonds is 5. The van der Waals surface area contributed by atoms with Crippen LogP contribution in [0.2, 0.25) is 0 Å². The lowest BCUT2D eigenvalue weighted by Gasteiger charge is -2.22. The van der Waals surface area contributed by atoms with Crippen LogP contribution >= 0.6 is 11.3 Å². The van der Waals surface area contributed by atoms with Gasteiger partial charge < -0.3 is 9.64 Å². The van der Waals surface area contributed by atoms with Gasteiger partial charge in [0, 0.05) is 12.0 Å². The van der Waals surface area contributed by atoms with Crippen LogP contribution in [0.25, 0.3) is 0 Å². The molecule has 3 aromatic rings. The zero-order chi connectivity index (χ0) is 18.6. The maximum atomic E-state index is 12.6. The first-order valence-electron chi connectivity index (χ1n) is 9.03. The predicted octanol–water partition coefficient (Wildman–Crippen LogP) is 2.55. The molecule has 0 bridgehead atoms. The van der Waals surface area contributed by atoms with Gasteiger partial charge in [0.25, 0.3) is 5.91 Å². The molecule has 1 atom stereocenters. The van der Waals surface area contributed by atoms with Crippen molar-refractivity contribution in [2.24, 2.45) is 0 Å². The van der Waals surface area contributed by atoms with Crippen molar-refractivity contribution in [3.63, 3.8) is 0 Å². The summed E-state index contributed by atoms with van der Waals surface area (Å²) >= 11 is 1.58. The fraction of sp³-hybridized carbons (Fsp3) is 0.238. The number of amides is 1. The Kier molecular flexibility index (Phi) is 5.18. The molecule has 1 aromatic heterocycles. The van der Waals surface area contributed by atoms with Crippen molar-refractivity contribution in [2.45, 2.75) is 19.5 Å². The molecular formula is C21H22N3O2S+. The number of fused-ring (bicyclic) bond motifs is 1. The maximum Gasteiger partial charge on any atom is 0.261 e. The molecule has 0 radical (unpaired) electrons. The number of hydrogen-bond donors (Lipinski definition) is 2. The number of para-hydroxylation sites is 1. The third kappa shape index (κ3) is 4.02. The molecule has 138 valence electrons. The number of nitrogens with zero attached hydrogens (tertiary/aromatic N) is 1. The summed E-state index contributed by atoms with van der Waals surface area (Å²) in [4.78, 5) is 20.0. The molecule has 1 aliphatic heterocycles. The van der Waals surface area contributed by atoms with E-state index in [0.29, 0.717) is 16.4 Å². The first-order valence-corrected chi connectivity index (χ1v) is 9.85. The fourth-order valence-corrected chi connectivity index (χ4v) is 4.49. The van der Waals surface area contributed by atoms with E-state index in [4.69, 9.17) is 4.74 Å². The second-order valence-electron chi connectivity index (χ2n) is 6.63. The number of quaternary nitrogens is 1. The van der Waals surface area contributed by atoms with Crippen LogP contribution in [0.3, 0.4) is 0 Å². The van der Waals surface area contributed by atoms with Crippen LogP contribution < -0.4 is 15.0 Å². The van der Waals surface area contributed by atoms with Gasteiger partial charge in [-0.3, -0.25) is 10.1 Å². The standard InChI is InChI=1S/C21H21N3O2S/c1-26-18-10-6-5-9-16(18)20(25)23-21-22-17-11-12-24(14-19(17)27-21)13-15-7-3-2-4-8-15/h2-10H,11-14H2,1H3,(H,22,23,25)/p+1. The van der Waals surface area contributed by atoms with Crippen LogP contribution in [0.1, 0.15) is 26.5 Å². The van der Waals surface area contributed by atoms with E-state index in [-0.39, 0.29) is 5.91 Å². The van der Waals surface area contributed by atoms with E-state index in [1.54, 1.807) is 30.6 Å². The minimum Gasteiger partial charge on any atom is -0.496 e. The van der Waals surface area contributed by atoms with Gasteiger partial charge in [0.15, 0.2) is 5.13 Å². The highest BCUT2D eigenvalue weighted by Gasteiger charge is 2.24. The smallest absolute Gasteiger partial charge is 0.261 e. The maximum absolute atomic E-state index is 12.6. The third-order valence-corrected chi connectivity index (χ3v) is 5.79. The first-order chi connectivity index (χ1) is 13.2. The van der Waals surface area contributed by atoms with Crippen molar-refractivity contribution in [2.75, 3.05) is 19.0 Å². The number of benzene rings is 2. The first kappa shape index (κ1) is 17.7. The highest BCUT2D eigenvalue weighted by molar-refractivity contribution is 7.15. The summed E-state index contributed by atoms with van der Waals surface area (Å²) in [7, 11) is 1.57. The van der Waals surface area contributed by atoms with Crippen molar-refractivity contribution in [3.05, 3.63) is 76.3 Å². The van der Waals surface area contributed by atoms with E-state index in [9.17, 15) is 4.79 Å². The zero-order valence-corrected chi connectivity index (χ0v) is 16.0. The highest BCUT2D eigenvalue weighted by Crippen LogP contribution is 2.26. The second-order valence-corrected chi connectivity index (χ2v) is 7.72. The Morgan fingerprint density at radius 3 is 2.78 bits per heavy atom. The number of thiazole rings is 1. The number of aromatic nitrogens is 1. The summed E-state index contributed by atoms with van der Waals surface area (Å²) in [6, 6.07) is 17.8. The molecule has 1 aliphatic rings. The molecule has 6 heteroatoms. The van der Waals surface area contributed by atoms with Gasteiger partial charge in [0.1, 0.15) is 18.8 Å². The van der Waals surface area contributed by atoms with Crippen molar-refractivity contribution >= 4 is 22.4 Å². The Morgan fingerprint density at radius 1 is 1.19 bits per heavy atom. The molecule has 0 fully saturated rings. The summed E-state index contributed by atoms with van der Waals surface area (Å²) in [5.41, 5.74) is 2.99. The Labute approximate surface area is 162 Å². The minimum absolute atomic E-state index is 0.188. The number of ether oxygens (including phenoxy) is 1. The molecule has 2 heterocycles. The number of anilines is 1. The van der Waals surface area contributed by atoms with Crippen molar-refractivity contribution in [3.8, 4) is 5.75 Å². The molecule has 2 N–H and O–H groups in total. The Bertz CT molecular complexity index is 940. The van der Waals surface area contributed by atoms with Gasteiger partial charge >= 0.3 is 0 Å². The van der Waals surface area contributed by atoms with E-state index in [1.165, 1.54) is 15.3 Å². The minimum atomic E-state index is -0.188. The van der Waals surface area contributed by atoms with Crippen LogP contribution in [-0.4, -0.2) is 24.5 Å². The van der Waals surface area contributed by atoms with Crippen molar-refractivity contribution in [1.82, 2.24) is 4.98 Å². The molecule has 27 heavy (non-hydrogen) atoms. The normalized spacial score (nSPS) is 15.8. The summed E-state index contributed by atoms with van der Waals surface area (Å²) in [5, 5.41) is 3.60. The number of carbonyl (C=O) groups excluding carboxylic acids is 1. The lowest BCUT2D eigenvalue weighted by atomic mass is 10.1. The molecule has 4 rings (SSSR count). The molecule has 1 unspecified atom stereocenters. The quantitative estimate of drug-likeness (QED) is 0.715. The molecule has 0 spiro atoms. The van der Waals surface area contributed by atoms with E-state index in [2.05, 4.69) is 34.6 Å². The van der Waals surface area contributed by atoms with Gasteiger partial charge in [-0.25, -0.2) is 4.98 Å². The predicted molar refractivity (Wildman–Crippen MR) is 106 cm³/mol. The molecule has 0 saturated heterocycles. The highest BCUT2D eigenvalue weighted by atomic mass is 32.1. The van der Waals surface area contributed by atoms with E-state index >= 15 is 0 Å². The molecule has 0 saturated carbocycles. The van der Waals surface area contributed by atoms with Crippen LogP contribution in [-0.2, 0) is 19.5 Å². The SMILES string of the molecule is COc1ccccc1C(=O)Nc1nc2c(s1)C[NH+](Cc1ccccc1)CC2.